The van der Waals surface area contributed by atoms with E-state index in [1.54, 1.807) is 0 Å². The zero-order valence-electron chi connectivity index (χ0n) is 11.1. The number of Topliss-reactive ketones (excluding diaryl/α,β-unsaturated/α-hetero) is 2. The van der Waals surface area contributed by atoms with E-state index in [4.69, 9.17) is 0 Å². The first-order valence-electron chi connectivity index (χ1n) is 6.63. The van der Waals surface area contributed by atoms with E-state index < -0.39 is 5.41 Å². The number of ketones is 2. The number of carbonyl (C=O) groups excluding carboxylic acids is 2. The number of allylic oxidation sites excluding steroid dienone is 2. The average Bonchev–Trinajstić information content (AvgIpc) is 2.79. The maximum atomic E-state index is 12.5. The van der Waals surface area contributed by atoms with Crippen molar-refractivity contribution in [3.05, 3.63) is 11.1 Å². The molecule has 3 aliphatic rings. The molecule has 0 aromatic carbocycles. The smallest absolute Gasteiger partial charge is 0.172 e. The SMILES string of the molecule is CC1=C(C)[C@]23CC[C@H](C)[C@H]2CC(=O)[C@]3(C)C1=O. The van der Waals surface area contributed by atoms with Crippen LogP contribution in [-0.4, -0.2) is 11.6 Å². The van der Waals surface area contributed by atoms with Gasteiger partial charge in [-0.05, 0) is 51.0 Å². The summed E-state index contributed by atoms with van der Waals surface area (Å²) in [6.45, 7) is 8.14. The number of rotatable bonds is 0. The summed E-state index contributed by atoms with van der Waals surface area (Å²) in [5.74, 6) is 1.28. The zero-order valence-corrected chi connectivity index (χ0v) is 11.1. The molecule has 17 heavy (non-hydrogen) atoms. The average molecular weight is 232 g/mol. The van der Waals surface area contributed by atoms with Crippen LogP contribution in [0, 0.1) is 22.7 Å². The van der Waals surface area contributed by atoms with Crippen molar-refractivity contribution < 1.29 is 9.59 Å². The Morgan fingerprint density at radius 1 is 1.24 bits per heavy atom. The van der Waals surface area contributed by atoms with Gasteiger partial charge < -0.3 is 0 Å². The predicted octanol–water partition coefficient (Wildman–Crippen LogP) is 2.92. The van der Waals surface area contributed by atoms with Crippen LogP contribution in [0.15, 0.2) is 11.1 Å². The van der Waals surface area contributed by atoms with Crippen molar-refractivity contribution in [3.63, 3.8) is 0 Å². The summed E-state index contributed by atoms with van der Waals surface area (Å²) in [7, 11) is 0. The minimum Gasteiger partial charge on any atom is -0.299 e. The number of carbonyl (C=O) groups is 2. The molecule has 0 aromatic heterocycles. The van der Waals surface area contributed by atoms with E-state index in [0.29, 0.717) is 18.3 Å². The lowest BCUT2D eigenvalue weighted by Crippen LogP contribution is -2.42. The molecule has 92 valence electrons. The maximum absolute atomic E-state index is 12.5. The molecule has 2 saturated carbocycles. The molecule has 0 bridgehead atoms. The molecule has 0 aromatic rings. The van der Waals surface area contributed by atoms with E-state index in [1.165, 1.54) is 5.57 Å². The summed E-state index contributed by atoms with van der Waals surface area (Å²) in [4.78, 5) is 24.9. The zero-order chi connectivity index (χ0) is 12.6. The Morgan fingerprint density at radius 3 is 2.53 bits per heavy atom. The summed E-state index contributed by atoms with van der Waals surface area (Å²) >= 11 is 0. The molecular weight excluding hydrogens is 212 g/mol. The van der Waals surface area contributed by atoms with E-state index in [2.05, 4.69) is 13.8 Å². The second-order valence-electron chi connectivity index (χ2n) is 6.43. The molecule has 0 heterocycles. The Kier molecular flexibility index (Phi) is 1.91. The molecule has 2 fully saturated rings. The topological polar surface area (TPSA) is 34.1 Å². The molecule has 0 radical (unpaired) electrons. The van der Waals surface area contributed by atoms with Crippen LogP contribution in [0.2, 0.25) is 0 Å². The fraction of sp³-hybridized carbons (Fsp3) is 0.733. The van der Waals surface area contributed by atoms with Gasteiger partial charge in [0.15, 0.2) is 5.78 Å². The third kappa shape index (κ3) is 0.882. The fourth-order valence-corrected chi connectivity index (χ4v) is 5.03. The van der Waals surface area contributed by atoms with Crippen LogP contribution in [0.4, 0.5) is 0 Å². The van der Waals surface area contributed by atoms with Crippen molar-refractivity contribution in [2.24, 2.45) is 22.7 Å². The Hall–Kier alpha value is -0.920. The summed E-state index contributed by atoms with van der Waals surface area (Å²) in [6, 6.07) is 0. The molecule has 4 atom stereocenters. The molecule has 0 unspecified atom stereocenters. The Morgan fingerprint density at radius 2 is 1.88 bits per heavy atom. The van der Waals surface area contributed by atoms with Gasteiger partial charge in [-0.25, -0.2) is 0 Å². The molecule has 2 nitrogen and oxygen atoms in total. The molecule has 0 aliphatic heterocycles. The quantitative estimate of drug-likeness (QED) is 0.602. The second-order valence-corrected chi connectivity index (χ2v) is 6.43. The highest BCUT2D eigenvalue weighted by atomic mass is 16.2. The Balaban J connectivity index is 2.28. The first kappa shape index (κ1) is 11.2. The van der Waals surface area contributed by atoms with Crippen LogP contribution in [0.5, 0.6) is 0 Å². The monoisotopic (exact) mass is 232 g/mol. The molecule has 3 rings (SSSR count). The van der Waals surface area contributed by atoms with Gasteiger partial charge in [-0.1, -0.05) is 12.5 Å². The van der Waals surface area contributed by atoms with Crippen molar-refractivity contribution in [3.8, 4) is 0 Å². The van der Waals surface area contributed by atoms with Crippen LogP contribution < -0.4 is 0 Å². The first-order valence-corrected chi connectivity index (χ1v) is 6.63. The third-order valence-electron chi connectivity index (χ3n) is 6.20. The minimum absolute atomic E-state index is 0.108. The standard InChI is InChI=1S/C15H20O2/c1-8-5-6-15-10(3)9(2)13(17)14(15,4)12(16)7-11(8)15/h8,11H,5-7H2,1-4H3/t8-,11+,14+,15+/m0/s1. The van der Waals surface area contributed by atoms with Gasteiger partial charge in [0, 0.05) is 11.8 Å². The highest BCUT2D eigenvalue weighted by Crippen LogP contribution is 2.71. The molecule has 0 amide bonds. The summed E-state index contributed by atoms with van der Waals surface area (Å²) in [6.07, 6.45) is 2.80. The lowest BCUT2D eigenvalue weighted by Gasteiger charge is -2.37. The minimum atomic E-state index is -0.726. The van der Waals surface area contributed by atoms with Crippen molar-refractivity contribution in [2.45, 2.75) is 47.0 Å². The molecular formula is C15H20O2. The lowest BCUT2D eigenvalue weighted by molar-refractivity contribution is -0.138. The predicted molar refractivity (Wildman–Crippen MR) is 65.4 cm³/mol. The van der Waals surface area contributed by atoms with Gasteiger partial charge in [-0.2, -0.15) is 0 Å². The highest BCUT2D eigenvalue weighted by Gasteiger charge is 2.72. The van der Waals surface area contributed by atoms with Crippen molar-refractivity contribution in [1.29, 1.82) is 0 Å². The summed E-state index contributed by atoms with van der Waals surface area (Å²) < 4.78 is 0. The van der Waals surface area contributed by atoms with E-state index in [9.17, 15) is 9.59 Å². The van der Waals surface area contributed by atoms with Gasteiger partial charge in [0.1, 0.15) is 5.78 Å². The molecule has 1 spiro atoms. The maximum Gasteiger partial charge on any atom is 0.172 e. The fourth-order valence-electron chi connectivity index (χ4n) is 5.03. The van der Waals surface area contributed by atoms with Gasteiger partial charge in [0.25, 0.3) is 0 Å². The Bertz CT molecular complexity index is 473. The lowest BCUT2D eigenvalue weighted by atomic mass is 9.62. The van der Waals surface area contributed by atoms with Crippen molar-refractivity contribution in [2.75, 3.05) is 0 Å². The van der Waals surface area contributed by atoms with E-state index in [0.717, 1.165) is 18.4 Å². The van der Waals surface area contributed by atoms with Gasteiger partial charge in [0.05, 0.1) is 5.41 Å². The van der Waals surface area contributed by atoms with Crippen LogP contribution >= 0.6 is 0 Å². The number of hydrogen-bond acceptors (Lipinski definition) is 2. The normalized spacial score (nSPS) is 48.9. The van der Waals surface area contributed by atoms with E-state index >= 15 is 0 Å². The largest absolute Gasteiger partial charge is 0.299 e. The van der Waals surface area contributed by atoms with Gasteiger partial charge in [0.2, 0.25) is 0 Å². The third-order valence-corrected chi connectivity index (χ3v) is 6.20. The van der Waals surface area contributed by atoms with Gasteiger partial charge >= 0.3 is 0 Å². The van der Waals surface area contributed by atoms with Gasteiger partial charge in [-0.15, -0.1) is 0 Å². The second kappa shape index (κ2) is 2.90. The summed E-state index contributed by atoms with van der Waals surface area (Å²) in [5.41, 5.74) is 1.23. The number of hydrogen-bond donors (Lipinski definition) is 0. The molecule has 2 heteroatoms. The Labute approximate surface area is 102 Å². The highest BCUT2D eigenvalue weighted by molar-refractivity contribution is 6.19. The molecule has 0 N–H and O–H groups in total. The molecule has 3 aliphatic carbocycles. The van der Waals surface area contributed by atoms with Crippen LogP contribution in [-0.2, 0) is 9.59 Å². The van der Waals surface area contributed by atoms with Crippen LogP contribution in [0.1, 0.15) is 47.0 Å². The molecule has 0 saturated heterocycles. The van der Waals surface area contributed by atoms with E-state index in [-0.39, 0.29) is 17.0 Å². The van der Waals surface area contributed by atoms with Gasteiger partial charge in [-0.3, -0.25) is 9.59 Å². The first-order chi connectivity index (χ1) is 7.87. The van der Waals surface area contributed by atoms with Crippen LogP contribution in [0.3, 0.4) is 0 Å². The van der Waals surface area contributed by atoms with E-state index in [1.807, 2.05) is 13.8 Å². The van der Waals surface area contributed by atoms with Crippen LogP contribution in [0.25, 0.3) is 0 Å². The van der Waals surface area contributed by atoms with Crippen molar-refractivity contribution >= 4 is 11.6 Å². The summed E-state index contributed by atoms with van der Waals surface area (Å²) in [5, 5.41) is 0. The van der Waals surface area contributed by atoms with Crippen molar-refractivity contribution in [1.82, 2.24) is 0 Å².